The van der Waals surface area contributed by atoms with E-state index in [2.05, 4.69) is 15.4 Å². The van der Waals surface area contributed by atoms with Gasteiger partial charge in [-0.2, -0.15) is 0 Å². The first kappa shape index (κ1) is 13.5. The van der Waals surface area contributed by atoms with Gasteiger partial charge in [-0.15, -0.1) is 0 Å². The quantitative estimate of drug-likeness (QED) is 0.623. The largest absolute Gasteiger partial charge is 0.489 e. The van der Waals surface area contributed by atoms with Crippen molar-refractivity contribution in [3.05, 3.63) is 42.2 Å². The maximum Gasteiger partial charge on any atom is 0.138 e. The Bertz CT molecular complexity index is 537. The summed E-state index contributed by atoms with van der Waals surface area (Å²) in [4.78, 5) is 8.49. The molecule has 19 heavy (non-hydrogen) atoms. The van der Waals surface area contributed by atoms with Crippen molar-refractivity contribution in [2.75, 3.05) is 0 Å². The fourth-order valence-corrected chi connectivity index (χ4v) is 1.91. The Labute approximate surface area is 112 Å². The lowest BCUT2D eigenvalue weighted by Gasteiger charge is -2.17. The molecule has 0 aliphatic carbocycles. The van der Waals surface area contributed by atoms with Gasteiger partial charge in [-0.25, -0.2) is 10.4 Å². The van der Waals surface area contributed by atoms with Gasteiger partial charge in [0.2, 0.25) is 0 Å². The molecule has 0 radical (unpaired) electrons. The van der Waals surface area contributed by atoms with Crippen LogP contribution in [-0.4, -0.2) is 20.6 Å². The first-order valence-corrected chi connectivity index (χ1v) is 6.16. The molecule has 0 aliphatic rings. The number of rotatable bonds is 5. The van der Waals surface area contributed by atoms with E-state index in [1.165, 1.54) is 0 Å². The molecule has 0 spiro atoms. The molecule has 6 nitrogen and oxygen atoms in total. The van der Waals surface area contributed by atoms with Gasteiger partial charge < -0.3 is 9.30 Å². The Morgan fingerprint density at radius 1 is 1.37 bits per heavy atom. The molecule has 102 valence electrons. The highest BCUT2D eigenvalue weighted by atomic mass is 16.5. The van der Waals surface area contributed by atoms with Crippen LogP contribution in [-0.2, 0) is 7.05 Å². The van der Waals surface area contributed by atoms with Crippen LogP contribution >= 0.6 is 0 Å². The first-order valence-electron chi connectivity index (χ1n) is 6.16. The lowest BCUT2D eigenvalue weighted by molar-refractivity contribution is 0.241. The van der Waals surface area contributed by atoms with Gasteiger partial charge in [0.15, 0.2) is 0 Å². The number of imidazole rings is 1. The van der Waals surface area contributed by atoms with E-state index in [9.17, 15) is 0 Å². The lowest BCUT2D eigenvalue weighted by Crippen LogP contribution is -2.31. The zero-order valence-corrected chi connectivity index (χ0v) is 11.4. The van der Waals surface area contributed by atoms with E-state index in [-0.39, 0.29) is 12.1 Å². The maximum atomic E-state index is 5.64. The molecule has 0 aliphatic heterocycles. The molecule has 3 N–H and O–H groups in total. The predicted molar refractivity (Wildman–Crippen MR) is 72.4 cm³/mol. The third-order valence-corrected chi connectivity index (χ3v) is 2.72. The second kappa shape index (κ2) is 5.81. The highest BCUT2D eigenvalue weighted by molar-refractivity contribution is 5.29. The van der Waals surface area contributed by atoms with Crippen LogP contribution in [0.25, 0.3) is 0 Å². The maximum absolute atomic E-state index is 5.64. The van der Waals surface area contributed by atoms with Gasteiger partial charge in [0.05, 0.1) is 12.3 Å². The summed E-state index contributed by atoms with van der Waals surface area (Å²) in [6, 6.07) is 1.70. The van der Waals surface area contributed by atoms with Gasteiger partial charge in [0, 0.05) is 25.6 Å². The number of aromatic nitrogens is 3. The summed E-state index contributed by atoms with van der Waals surface area (Å²) in [6.07, 6.45) is 7.17. The molecule has 6 heteroatoms. The molecule has 2 rings (SSSR count). The van der Waals surface area contributed by atoms with E-state index in [1.54, 1.807) is 18.6 Å². The summed E-state index contributed by atoms with van der Waals surface area (Å²) in [5.41, 5.74) is 3.68. The predicted octanol–water partition coefficient (Wildman–Crippen LogP) is 1.15. The molecule has 0 saturated heterocycles. The van der Waals surface area contributed by atoms with E-state index < -0.39 is 0 Å². The third kappa shape index (κ3) is 3.10. The van der Waals surface area contributed by atoms with Crippen LogP contribution in [0.15, 0.2) is 30.9 Å². The van der Waals surface area contributed by atoms with Gasteiger partial charge in [-0.1, -0.05) is 0 Å². The minimum absolute atomic E-state index is 0.106. The summed E-state index contributed by atoms with van der Waals surface area (Å²) >= 11 is 0. The number of nitrogens with one attached hydrogen (secondary N) is 1. The van der Waals surface area contributed by atoms with Crippen LogP contribution in [0.4, 0.5) is 0 Å². The number of nitrogens with two attached hydrogens (primary N) is 1. The minimum Gasteiger partial charge on any atom is -0.489 e. The first-order chi connectivity index (χ1) is 9.11. The zero-order chi connectivity index (χ0) is 13.8. The molecule has 0 bridgehead atoms. The summed E-state index contributed by atoms with van der Waals surface area (Å²) in [5, 5.41) is 0. The lowest BCUT2D eigenvalue weighted by atomic mass is 10.1. The summed E-state index contributed by atoms with van der Waals surface area (Å²) in [7, 11) is 1.93. The fourth-order valence-electron chi connectivity index (χ4n) is 1.91. The molecule has 0 aromatic carbocycles. The zero-order valence-electron chi connectivity index (χ0n) is 11.4. The van der Waals surface area contributed by atoms with E-state index >= 15 is 0 Å². The number of hydrogen-bond acceptors (Lipinski definition) is 5. The van der Waals surface area contributed by atoms with Gasteiger partial charge in [-0.05, 0) is 25.5 Å². The third-order valence-electron chi connectivity index (χ3n) is 2.72. The van der Waals surface area contributed by atoms with E-state index in [0.717, 1.165) is 17.1 Å². The number of nitrogens with zero attached hydrogens (tertiary/aromatic N) is 3. The fraction of sp³-hybridized carbons (Fsp3) is 0.385. The molecule has 2 aromatic heterocycles. The SMILES string of the molecule is CC(C)Oc1cncc(C(NN)c2nccn2C)c1. The van der Waals surface area contributed by atoms with Crippen LogP contribution in [0.5, 0.6) is 5.75 Å². The van der Waals surface area contributed by atoms with Crippen LogP contribution in [0.3, 0.4) is 0 Å². The summed E-state index contributed by atoms with van der Waals surface area (Å²) < 4.78 is 7.56. The molecule has 0 fully saturated rings. The van der Waals surface area contributed by atoms with Crippen molar-refractivity contribution in [2.24, 2.45) is 12.9 Å². The van der Waals surface area contributed by atoms with Crippen molar-refractivity contribution in [1.82, 2.24) is 20.0 Å². The van der Waals surface area contributed by atoms with Crippen LogP contribution in [0.1, 0.15) is 31.3 Å². The standard InChI is InChI=1S/C13H19N5O/c1-9(2)19-11-6-10(7-15-8-11)12(17-14)13-16-4-5-18(13)3/h4-9,12,17H,14H2,1-3H3. The topological polar surface area (TPSA) is 78.0 Å². The van der Waals surface area contributed by atoms with Gasteiger partial charge in [0.1, 0.15) is 17.6 Å². The molecule has 0 saturated carbocycles. The van der Waals surface area contributed by atoms with Crippen LogP contribution in [0, 0.1) is 0 Å². The monoisotopic (exact) mass is 261 g/mol. The molecular formula is C13H19N5O. The molecule has 2 heterocycles. The van der Waals surface area contributed by atoms with Crippen molar-refractivity contribution in [1.29, 1.82) is 0 Å². The second-order valence-corrected chi connectivity index (χ2v) is 4.62. The molecule has 0 amide bonds. The Kier molecular flexibility index (Phi) is 4.13. The number of hydrogen-bond donors (Lipinski definition) is 2. The number of pyridine rings is 1. The van der Waals surface area contributed by atoms with Gasteiger partial charge in [0.25, 0.3) is 0 Å². The molecule has 2 aromatic rings. The van der Waals surface area contributed by atoms with Crippen molar-refractivity contribution >= 4 is 0 Å². The molecule has 1 atom stereocenters. The minimum atomic E-state index is -0.219. The van der Waals surface area contributed by atoms with Crippen LogP contribution < -0.4 is 16.0 Å². The number of ether oxygens (including phenoxy) is 1. The Morgan fingerprint density at radius 2 is 2.16 bits per heavy atom. The van der Waals surface area contributed by atoms with Gasteiger partial charge in [-0.3, -0.25) is 10.8 Å². The Hall–Kier alpha value is -1.92. The number of aryl methyl sites for hydroxylation is 1. The average Bonchev–Trinajstić information content (AvgIpc) is 2.77. The normalized spacial score (nSPS) is 12.7. The Morgan fingerprint density at radius 3 is 2.74 bits per heavy atom. The average molecular weight is 261 g/mol. The summed E-state index contributed by atoms with van der Waals surface area (Å²) in [6.45, 7) is 3.95. The van der Waals surface area contributed by atoms with Crippen molar-refractivity contribution in [3.63, 3.8) is 0 Å². The second-order valence-electron chi connectivity index (χ2n) is 4.62. The van der Waals surface area contributed by atoms with Crippen molar-refractivity contribution in [2.45, 2.75) is 26.0 Å². The van der Waals surface area contributed by atoms with Crippen molar-refractivity contribution in [3.8, 4) is 5.75 Å². The van der Waals surface area contributed by atoms with E-state index in [4.69, 9.17) is 10.6 Å². The smallest absolute Gasteiger partial charge is 0.138 e. The highest BCUT2D eigenvalue weighted by Gasteiger charge is 2.17. The Balaban J connectivity index is 2.31. The van der Waals surface area contributed by atoms with Crippen LogP contribution in [0.2, 0.25) is 0 Å². The van der Waals surface area contributed by atoms with Crippen molar-refractivity contribution < 1.29 is 4.74 Å². The van der Waals surface area contributed by atoms with E-state index in [1.807, 2.05) is 37.7 Å². The molecular weight excluding hydrogens is 242 g/mol. The molecule has 1 unspecified atom stereocenters. The number of hydrazine groups is 1. The van der Waals surface area contributed by atoms with E-state index in [0.29, 0.717) is 0 Å². The summed E-state index contributed by atoms with van der Waals surface area (Å²) in [5.74, 6) is 7.19. The van der Waals surface area contributed by atoms with Gasteiger partial charge >= 0.3 is 0 Å². The highest BCUT2D eigenvalue weighted by Crippen LogP contribution is 2.22.